The van der Waals surface area contributed by atoms with Gasteiger partial charge in [-0.15, -0.1) is 0 Å². The molecule has 0 unspecified atom stereocenters. The third kappa shape index (κ3) is 5.20. The predicted molar refractivity (Wildman–Crippen MR) is 115 cm³/mol. The van der Waals surface area contributed by atoms with Gasteiger partial charge in [0.25, 0.3) is 5.91 Å². The number of ether oxygens (including phenoxy) is 1. The number of hydrogen-bond donors (Lipinski definition) is 1. The predicted octanol–water partition coefficient (Wildman–Crippen LogP) is 5.22. The SMILES string of the molecule is C[C@@H]1CCCN(c2ccc([C@H](C)NC(=O)[C@@H](C)Oc3ccccc3Cl)cc2)C1. The van der Waals surface area contributed by atoms with Crippen molar-refractivity contribution in [2.75, 3.05) is 18.0 Å². The number of anilines is 1. The van der Waals surface area contributed by atoms with Gasteiger partial charge in [0.15, 0.2) is 6.10 Å². The van der Waals surface area contributed by atoms with Crippen LogP contribution in [0.25, 0.3) is 0 Å². The lowest BCUT2D eigenvalue weighted by Crippen LogP contribution is -2.37. The fraction of sp³-hybridized carbons (Fsp3) is 0.435. The van der Waals surface area contributed by atoms with Gasteiger partial charge in [-0.25, -0.2) is 0 Å². The van der Waals surface area contributed by atoms with E-state index in [0.29, 0.717) is 10.8 Å². The van der Waals surface area contributed by atoms with E-state index in [-0.39, 0.29) is 11.9 Å². The van der Waals surface area contributed by atoms with Crippen LogP contribution in [0.4, 0.5) is 5.69 Å². The summed E-state index contributed by atoms with van der Waals surface area (Å²) in [7, 11) is 0. The topological polar surface area (TPSA) is 41.6 Å². The van der Waals surface area contributed by atoms with Crippen LogP contribution in [0.2, 0.25) is 5.02 Å². The quantitative estimate of drug-likeness (QED) is 0.722. The number of piperidine rings is 1. The van der Waals surface area contributed by atoms with Crippen molar-refractivity contribution >= 4 is 23.2 Å². The highest BCUT2D eigenvalue weighted by atomic mass is 35.5. The van der Waals surface area contributed by atoms with Gasteiger partial charge < -0.3 is 15.0 Å². The van der Waals surface area contributed by atoms with E-state index in [2.05, 4.69) is 41.4 Å². The van der Waals surface area contributed by atoms with Crippen molar-refractivity contribution in [2.45, 2.75) is 45.8 Å². The van der Waals surface area contributed by atoms with Crippen molar-refractivity contribution in [3.63, 3.8) is 0 Å². The summed E-state index contributed by atoms with van der Waals surface area (Å²) in [5, 5.41) is 3.52. The average molecular weight is 401 g/mol. The molecule has 3 rings (SSSR count). The zero-order valence-corrected chi connectivity index (χ0v) is 17.6. The Morgan fingerprint density at radius 2 is 1.89 bits per heavy atom. The van der Waals surface area contributed by atoms with E-state index < -0.39 is 6.10 Å². The molecule has 0 radical (unpaired) electrons. The van der Waals surface area contributed by atoms with Crippen molar-refractivity contribution in [1.82, 2.24) is 5.32 Å². The molecule has 1 saturated heterocycles. The highest BCUT2D eigenvalue weighted by molar-refractivity contribution is 6.32. The number of carbonyl (C=O) groups excluding carboxylic acids is 1. The molecule has 0 spiro atoms. The van der Waals surface area contributed by atoms with Gasteiger partial charge in [-0.2, -0.15) is 0 Å². The van der Waals surface area contributed by atoms with Crippen LogP contribution in [-0.2, 0) is 4.79 Å². The van der Waals surface area contributed by atoms with Gasteiger partial charge in [-0.1, -0.05) is 42.8 Å². The molecular weight excluding hydrogens is 372 g/mol. The van der Waals surface area contributed by atoms with Gasteiger partial charge in [0.1, 0.15) is 5.75 Å². The number of benzene rings is 2. The molecule has 1 aliphatic heterocycles. The number of carbonyl (C=O) groups is 1. The molecule has 3 atom stereocenters. The summed E-state index contributed by atoms with van der Waals surface area (Å²) < 4.78 is 5.70. The molecule has 0 aliphatic carbocycles. The molecule has 0 saturated carbocycles. The molecular formula is C23H29ClN2O2. The number of amides is 1. The summed E-state index contributed by atoms with van der Waals surface area (Å²) in [6, 6.07) is 15.6. The van der Waals surface area contributed by atoms with Gasteiger partial charge in [0.2, 0.25) is 0 Å². The monoisotopic (exact) mass is 400 g/mol. The molecule has 1 N–H and O–H groups in total. The van der Waals surface area contributed by atoms with Crippen molar-refractivity contribution in [1.29, 1.82) is 0 Å². The van der Waals surface area contributed by atoms with E-state index in [4.69, 9.17) is 16.3 Å². The first kappa shape index (κ1) is 20.5. The third-order valence-electron chi connectivity index (χ3n) is 5.28. The number of para-hydroxylation sites is 1. The minimum Gasteiger partial charge on any atom is -0.479 e. The summed E-state index contributed by atoms with van der Waals surface area (Å²) >= 11 is 6.10. The van der Waals surface area contributed by atoms with E-state index in [1.165, 1.54) is 18.5 Å². The maximum atomic E-state index is 12.5. The van der Waals surface area contributed by atoms with Gasteiger partial charge in [0.05, 0.1) is 11.1 Å². The second-order valence-corrected chi connectivity index (χ2v) is 8.11. The third-order valence-corrected chi connectivity index (χ3v) is 5.60. The Hall–Kier alpha value is -2.20. The summed E-state index contributed by atoms with van der Waals surface area (Å²) in [6.07, 6.45) is 1.93. The Bertz CT molecular complexity index is 793. The van der Waals surface area contributed by atoms with Crippen LogP contribution in [0.1, 0.15) is 45.2 Å². The molecule has 4 nitrogen and oxygen atoms in total. The molecule has 0 aromatic heterocycles. The average Bonchev–Trinajstić information content (AvgIpc) is 2.69. The molecule has 1 aliphatic rings. The van der Waals surface area contributed by atoms with E-state index >= 15 is 0 Å². The van der Waals surface area contributed by atoms with E-state index in [1.54, 1.807) is 19.1 Å². The van der Waals surface area contributed by atoms with Gasteiger partial charge in [-0.05, 0) is 62.4 Å². The summed E-state index contributed by atoms with van der Waals surface area (Å²) in [5.41, 5.74) is 2.33. The Morgan fingerprint density at radius 1 is 1.18 bits per heavy atom. The first-order valence-corrected chi connectivity index (χ1v) is 10.4. The standard InChI is InChI=1S/C23H29ClN2O2/c1-16-7-6-14-26(15-16)20-12-10-19(11-13-20)17(2)25-23(27)18(3)28-22-9-5-4-8-21(22)24/h4-5,8-13,16-18H,6-7,14-15H2,1-3H3,(H,25,27)/t16-,17+,18-/m1/s1. The first-order valence-electron chi connectivity index (χ1n) is 10.0. The molecule has 28 heavy (non-hydrogen) atoms. The van der Waals surface area contributed by atoms with Crippen molar-refractivity contribution < 1.29 is 9.53 Å². The Kier molecular flexibility index (Phi) is 6.84. The second kappa shape index (κ2) is 9.33. The molecule has 0 bridgehead atoms. The molecule has 2 aromatic carbocycles. The number of halogens is 1. The van der Waals surface area contributed by atoms with Crippen LogP contribution in [0.3, 0.4) is 0 Å². The molecule has 1 amide bonds. The number of hydrogen-bond acceptors (Lipinski definition) is 3. The van der Waals surface area contributed by atoms with Crippen LogP contribution in [0, 0.1) is 5.92 Å². The van der Waals surface area contributed by atoms with Gasteiger partial charge in [0, 0.05) is 18.8 Å². The first-order chi connectivity index (χ1) is 13.4. The smallest absolute Gasteiger partial charge is 0.261 e. The van der Waals surface area contributed by atoms with E-state index in [9.17, 15) is 4.79 Å². The van der Waals surface area contributed by atoms with Crippen LogP contribution in [0.15, 0.2) is 48.5 Å². The summed E-state index contributed by atoms with van der Waals surface area (Å²) in [5.74, 6) is 1.09. The Morgan fingerprint density at radius 3 is 2.57 bits per heavy atom. The minimum absolute atomic E-state index is 0.0980. The maximum absolute atomic E-state index is 12.5. The molecule has 150 valence electrons. The summed E-state index contributed by atoms with van der Waals surface area (Å²) in [6.45, 7) is 8.25. The molecule has 1 heterocycles. The van der Waals surface area contributed by atoms with Crippen molar-refractivity contribution in [3.8, 4) is 5.75 Å². The van der Waals surface area contributed by atoms with Gasteiger partial charge >= 0.3 is 0 Å². The molecule has 5 heteroatoms. The largest absolute Gasteiger partial charge is 0.479 e. The van der Waals surface area contributed by atoms with E-state index in [0.717, 1.165) is 24.6 Å². The number of nitrogens with one attached hydrogen (secondary N) is 1. The zero-order valence-electron chi connectivity index (χ0n) is 16.8. The highest BCUT2D eigenvalue weighted by Gasteiger charge is 2.20. The van der Waals surface area contributed by atoms with Crippen molar-refractivity contribution in [3.05, 3.63) is 59.1 Å². The fourth-order valence-corrected chi connectivity index (χ4v) is 3.78. The normalized spacial score (nSPS) is 19.0. The lowest BCUT2D eigenvalue weighted by molar-refractivity contribution is -0.127. The van der Waals surface area contributed by atoms with Gasteiger partial charge in [-0.3, -0.25) is 4.79 Å². The number of nitrogens with zero attached hydrogens (tertiary/aromatic N) is 1. The molecule has 1 fully saturated rings. The van der Waals surface area contributed by atoms with Crippen LogP contribution in [-0.4, -0.2) is 25.1 Å². The maximum Gasteiger partial charge on any atom is 0.261 e. The van der Waals surface area contributed by atoms with Crippen LogP contribution in [0.5, 0.6) is 5.75 Å². The lowest BCUT2D eigenvalue weighted by atomic mass is 9.99. The zero-order chi connectivity index (χ0) is 20.1. The minimum atomic E-state index is -0.628. The Labute approximate surface area is 172 Å². The van der Waals surface area contributed by atoms with Crippen LogP contribution >= 0.6 is 11.6 Å². The van der Waals surface area contributed by atoms with Crippen LogP contribution < -0.4 is 15.0 Å². The van der Waals surface area contributed by atoms with Crippen molar-refractivity contribution in [2.24, 2.45) is 5.92 Å². The summed E-state index contributed by atoms with van der Waals surface area (Å²) in [4.78, 5) is 15.0. The van der Waals surface area contributed by atoms with E-state index in [1.807, 2.05) is 19.1 Å². The Balaban J connectivity index is 1.57. The lowest BCUT2D eigenvalue weighted by Gasteiger charge is -2.33. The molecule has 2 aromatic rings. The number of rotatable bonds is 6. The second-order valence-electron chi connectivity index (χ2n) is 7.71. The fourth-order valence-electron chi connectivity index (χ4n) is 3.60. The highest BCUT2D eigenvalue weighted by Crippen LogP contribution is 2.26.